The average molecular weight is 500 g/mol. The smallest absolute Gasteiger partial charge is 0.317 e. The maximum absolute atomic E-state index is 14.4. The first kappa shape index (κ1) is 24.4. The number of carbonyl (C=O) groups is 1. The van der Waals surface area contributed by atoms with Gasteiger partial charge < -0.3 is 4.74 Å². The van der Waals surface area contributed by atoms with Gasteiger partial charge in [-0.05, 0) is 58.3 Å². The van der Waals surface area contributed by atoms with Crippen LogP contribution in [0.5, 0.6) is 0 Å². The van der Waals surface area contributed by atoms with Crippen molar-refractivity contribution in [2.24, 2.45) is 9.98 Å². The Kier molecular flexibility index (Phi) is 6.32. The van der Waals surface area contributed by atoms with Crippen LogP contribution in [0.15, 0.2) is 52.6 Å². The van der Waals surface area contributed by atoms with Crippen LogP contribution in [0.2, 0.25) is 0 Å². The van der Waals surface area contributed by atoms with E-state index in [0.29, 0.717) is 34.1 Å². The number of aromatic nitrogens is 5. The van der Waals surface area contributed by atoms with Gasteiger partial charge in [0.15, 0.2) is 24.0 Å². The Morgan fingerprint density at radius 2 is 1.97 bits per heavy atom. The molecule has 0 spiro atoms. The molecule has 3 heterocycles. The lowest BCUT2D eigenvalue weighted by Gasteiger charge is -2.26. The molecule has 10 heteroatoms. The molecule has 0 unspecified atom stereocenters. The Morgan fingerprint density at radius 1 is 1.19 bits per heavy atom. The van der Waals surface area contributed by atoms with Crippen molar-refractivity contribution in [1.82, 2.24) is 24.7 Å². The topological polar surface area (TPSA) is 108 Å². The minimum absolute atomic E-state index is 0.144. The number of aliphatic imine (C=N–C) groups is 2. The highest BCUT2D eigenvalue weighted by Gasteiger charge is 2.42. The number of rotatable bonds is 9. The highest BCUT2D eigenvalue weighted by molar-refractivity contribution is 5.90. The van der Waals surface area contributed by atoms with Gasteiger partial charge in [-0.1, -0.05) is 18.2 Å². The third-order valence-electron chi connectivity index (χ3n) is 6.45. The van der Waals surface area contributed by atoms with E-state index in [1.807, 2.05) is 6.07 Å². The van der Waals surface area contributed by atoms with Crippen LogP contribution in [-0.2, 0) is 21.5 Å². The van der Waals surface area contributed by atoms with Gasteiger partial charge in [0.1, 0.15) is 11.5 Å². The molecular weight excluding hydrogens is 473 g/mol. The van der Waals surface area contributed by atoms with E-state index in [9.17, 15) is 9.18 Å². The Balaban J connectivity index is 1.66. The van der Waals surface area contributed by atoms with Crippen molar-refractivity contribution in [2.45, 2.75) is 44.6 Å². The standard InChI is InChI=1S/C27H26FN7O2/c1-27(2,26(36)37-15-29-3)20-21(16-11-12-16)32-24(33-23(20)30-4)22-18-9-7-13-31-25(18)35(34-22)14-17-8-5-6-10-19(17)28/h5-10,13,16H,3-4,11-12,14-15H2,1-2H3. The van der Waals surface area contributed by atoms with E-state index in [1.165, 1.54) is 6.07 Å². The van der Waals surface area contributed by atoms with Crippen molar-refractivity contribution in [3.8, 4) is 11.5 Å². The summed E-state index contributed by atoms with van der Waals surface area (Å²) in [6, 6.07) is 10.2. The van der Waals surface area contributed by atoms with Crippen molar-refractivity contribution < 1.29 is 13.9 Å². The zero-order valence-electron chi connectivity index (χ0n) is 20.7. The van der Waals surface area contributed by atoms with Crippen LogP contribution in [0.25, 0.3) is 22.6 Å². The first-order valence-corrected chi connectivity index (χ1v) is 11.9. The number of ether oxygens (including phenoxy) is 1. The van der Waals surface area contributed by atoms with Crippen molar-refractivity contribution in [2.75, 3.05) is 6.73 Å². The first-order valence-electron chi connectivity index (χ1n) is 11.9. The van der Waals surface area contributed by atoms with Gasteiger partial charge >= 0.3 is 5.97 Å². The fraction of sp³-hybridized carbons (Fsp3) is 0.296. The number of esters is 1. The van der Waals surface area contributed by atoms with E-state index < -0.39 is 11.4 Å². The molecule has 0 saturated heterocycles. The second kappa shape index (κ2) is 9.61. The maximum Gasteiger partial charge on any atom is 0.317 e. The highest BCUT2D eigenvalue weighted by atomic mass is 19.1. The van der Waals surface area contributed by atoms with Crippen LogP contribution >= 0.6 is 0 Å². The molecule has 0 radical (unpaired) electrons. The second-order valence-corrected chi connectivity index (χ2v) is 9.45. The van der Waals surface area contributed by atoms with Gasteiger partial charge in [-0.25, -0.2) is 29.0 Å². The van der Waals surface area contributed by atoms with Crippen molar-refractivity contribution in [3.05, 3.63) is 65.2 Å². The van der Waals surface area contributed by atoms with Crippen LogP contribution < -0.4 is 0 Å². The van der Waals surface area contributed by atoms with E-state index in [0.717, 1.165) is 23.9 Å². The summed E-state index contributed by atoms with van der Waals surface area (Å²) in [6.07, 6.45) is 3.53. The molecule has 1 fully saturated rings. The molecule has 37 heavy (non-hydrogen) atoms. The summed E-state index contributed by atoms with van der Waals surface area (Å²) in [6.45, 7) is 10.6. The number of fused-ring (bicyclic) bond motifs is 1. The van der Waals surface area contributed by atoms with E-state index in [2.05, 4.69) is 33.4 Å². The Labute approximate surface area is 213 Å². The second-order valence-electron chi connectivity index (χ2n) is 9.45. The number of carbonyl (C=O) groups excluding carboxylic acids is 1. The first-order chi connectivity index (χ1) is 17.8. The number of pyridine rings is 1. The van der Waals surface area contributed by atoms with Gasteiger partial charge in [0.2, 0.25) is 0 Å². The van der Waals surface area contributed by atoms with E-state index in [1.54, 1.807) is 49.0 Å². The molecule has 0 bridgehead atoms. The summed E-state index contributed by atoms with van der Waals surface area (Å²) < 4.78 is 21.3. The lowest BCUT2D eigenvalue weighted by Crippen LogP contribution is -2.33. The van der Waals surface area contributed by atoms with Crippen molar-refractivity contribution in [1.29, 1.82) is 0 Å². The van der Waals surface area contributed by atoms with Crippen LogP contribution in [0, 0.1) is 5.82 Å². The highest BCUT2D eigenvalue weighted by Crippen LogP contribution is 2.47. The molecule has 1 aliphatic carbocycles. The molecule has 0 atom stereocenters. The zero-order chi connectivity index (χ0) is 26.2. The van der Waals surface area contributed by atoms with Gasteiger partial charge in [-0.2, -0.15) is 5.10 Å². The Bertz CT molecular complexity index is 1520. The molecule has 4 aromatic rings. The number of benzene rings is 1. The number of hydrogen-bond donors (Lipinski definition) is 0. The van der Waals surface area contributed by atoms with Crippen molar-refractivity contribution in [3.63, 3.8) is 0 Å². The SMILES string of the molecule is C=NCOC(=O)C(C)(C)c1c(N=C)nc(-c2nn(Cc3ccccc3F)c3ncccc23)nc1C1CC1. The minimum Gasteiger partial charge on any atom is -0.442 e. The van der Waals surface area contributed by atoms with Crippen LogP contribution in [0.3, 0.4) is 0 Å². The molecule has 0 aliphatic heterocycles. The van der Waals surface area contributed by atoms with Gasteiger partial charge in [-0.15, -0.1) is 0 Å². The van der Waals surface area contributed by atoms with Gasteiger partial charge in [0.05, 0.1) is 23.0 Å². The predicted octanol–water partition coefficient (Wildman–Crippen LogP) is 4.76. The third-order valence-corrected chi connectivity index (χ3v) is 6.45. The third kappa shape index (κ3) is 4.50. The molecule has 1 aliphatic rings. The zero-order valence-corrected chi connectivity index (χ0v) is 20.7. The summed E-state index contributed by atoms with van der Waals surface area (Å²) in [5.74, 6) is -0.00542. The number of halogens is 1. The predicted molar refractivity (Wildman–Crippen MR) is 139 cm³/mol. The molecule has 3 aromatic heterocycles. The fourth-order valence-electron chi connectivity index (χ4n) is 4.40. The van der Waals surface area contributed by atoms with Crippen molar-refractivity contribution >= 4 is 36.3 Å². The maximum atomic E-state index is 14.4. The van der Waals surface area contributed by atoms with Gasteiger partial charge in [0, 0.05) is 23.2 Å². The largest absolute Gasteiger partial charge is 0.442 e. The lowest BCUT2D eigenvalue weighted by molar-refractivity contribution is -0.149. The van der Waals surface area contributed by atoms with E-state index >= 15 is 0 Å². The molecule has 1 aromatic carbocycles. The van der Waals surface area contributed by atoms with Crippen LogP contribution in [0.4, 0.5) is 10.2 Å². The molecule has 0 N–H and O–H groups in total. The van der Waals surface area contributed by atoms with Gasteiger partial charge in [0.25, 0.3) is 0 Å². The average Bonchev–Trinajstić information content (AvgIpc) is 3.69. The van der Waals surface area contributed by atoms with E-state index in [4.69, 9.17) is 14.8 Å². The summed E-state index contributed by atoms with van der Waals surface area (Å²) in [5.41, 5.74) is 1.77. The summed E-state index contributed by atoms with van der Waals surface area (Å²) in [7, 11) is 0. The Hall–Kier alpha value is -4.34. The summed E-state index contributed by atoms with van der Waals surface area (Å²) in [5, 5.41) is 5.47. The fourth-order valence-corrected chi connectivity index (χ4v) is 4.40. The number of hydrogen-bond acceptors (Lipinski definition) is 8. The summed E-state index contributed by atoms with van der Waals surface area (Å²) >= 11 is 0. The van der Waals surface area contributed by atoms with Crippen LogP contribution in [0.1, 0.15) is 49.4 Å². The Morgan fingerprint density at radius 3 is 2.68 bits per heavy atom. The lowest BCUT2D eigenvalue weighted by atomic mass is 9.82. The summed E-state index contributed by atoms with van der Waals surface area (Å²) in [4.78, 5) is 34.8. The molecule has 188 valence electrons. The minimum atomic E-state index is -1.09. The monoisotopic (exact) mass is 499 g/mol. The molecule has 1 saturated carbocycles. The molecule has 5 rings (SSSR count). The molecular formula is C27H26FN7O2. The molecule has 0 amide bonds. The van der Waals surface area contributed by atoms with E-state index in [-0.39, 0.29) is 25.0 Å². The molecule has 9 nitrogen and oxygen atoms in total. The quantitative estimate of drug-likeness (QED) is 0.243. The van der Waals surface area contributed by atoms with Crippen LogP contribution in [-0.4, -0.2) is 50.9 Å². The number of nitrogens with zero attached hydrogens (tertiary/aromatic N) is 7. The normalized spacial score (nSPS) is 13.5. The van der Waals surface area contributed by atoms with Gasteiger partial charge in [-0.3, -0.25) is 9.79 Å².